The van der Waals surface area contributed by atoms with Crippen LogP contribution in [-0.4, -0.2) is 22.4 Å². The number of phenolic OH excluding ortho intramolecular Hbond substituents is 1. The Kier molecular flexibility index (Phi) is 5.86. The molecule has 0 unspecified atom stereocenters. The van der Waals surface area contributed by atoms with Gasteiger partial charge in [0.25, 0.3) is 0 Å². The number of hydrogen-bond donors (Lipinski definition) is 3. The molecule has 3 rings (SSSR count). The van der Waals surface area contributed by atoms with Gasteiger partial charge in [-0.25, -0.2) is 9.59 Å². The largest absolute Gasteiger partial charge is 0.507 e. The molecule has 0 atom stereocenters. The molecule has 0 saturated heterocycles. The van der Waals surface area contributed by atoms with Crippen LogP contribution in [0.15, 0.2) is 48.8 Å². The number of aromatic hydroxyl groups is 3. The number of aryl methyl sites for hydroxylation is 2. The molecule has 8 nitrogen and oxygen atoms in total. The summed E-state index contributed by atoms with van der Waals surface area (Å²) in [6.45, 7) is 3.09. The maximum atomic E-state index is 12.3. The van der Waals surface area contributed by atoms with Gasteiger partial charge in [0.15, 0.2) is 11.5 Å². The normalized spacial score (nSPS) is 11.1. The maximum Gasteiger partial charge on any atom is 0.342 e. The molecule has 3 aromatic rings. The molecule has 0 spiro atoms. The van der Waals surface area contributed by atoms with Gasteiger partial charge in [-0.3, -0.25) is 0 Å². The lowest BCUT2D eigenvalue weighted by atomic mass is 9.86. The molecular formula is C22H22O8. The second-order valence-electron chi connectivity index (χ2n) is 7.05. The summed E-state index contributed by atoms with van der Waals surface area (Å²) in [6, 6.07) is 7.28. The molecule has 0 aliphatic rings. The highest BCUT2D eigenvalue weighted by Gasteiger charge is 2.23. The van der Waals surface area contributed by atoms with Crippen LogP contribution in [0.3, 0.4) is 0 Å². The van der Waals surface area contributed by atoms with Crippen molar-refractivity contribution in [2.45, 2.75) is 32.6 Å². The average Bonchev–Trinajstić information content (AvgIpc) is 2.66. The van der Waals surface area contributed by atoms with Crippen molar-refractivity contribution in [2.75, 3.05) is 7.11 Å². The quantitative estimate of drug-likeness (QED) is 0.561. The van der Waals surface area contributed by atoms with Gasteiger partial charge < -0.3 is 28.9 Å². The van der Waals surface area contributed by atoms with Crippen LogP contribution in [-0.2, 0) is 12.8 Å². The van der Waals surface area contributed by atoms with Crippen molar-refractivity contribution in [2.24, 2.45) is 0 Å². The number of rotatable bonds is 6. The number of phenols is 1. The zero-order valence-electron chi connectivity index (χ0n) is 16.8. The molecule has 30 heavy (non-hydrogen) atoms. The van der Waals surface area contributed by atoms with Crippen LogP contribution < -0.4 is 16.0 Å². The third kappa shape index (κ3) is 4.32. The first-order valence-corrected chi connectivity index (χ1v) is 9.21. The van der Waals surface area contributed by atoms with E-state index in [1.54, 1.807) is 26.0 Å². The molecule has 8 heteroatoms. The van der Waals surface area contributed by atoms with Crippen molar-refractivity contribution in [1.82, 2.24) is 0 Å². The van der Waals surface area contributed by atoms with Gasteiger partial charge in [-0.05, 0) is 50.3 Å². The molecule has 0 aliphatic carbocycles. The van der Waals surface area contributed by atoms with E-state index in [0.717, 1.165) is 0 Å². The van der Waals surface area contributed by atoms with Crippen LogP contribution in [0.5, 0.6) is 23.0 Å². The van der Waals surface area contributed by atoms with Gasteiger partial charge in [-0.15, -0.1) is 0 Å². The summed E-state index contributed by atoms with van der Waals surface area (Å²) in [7, 11) is 1.40. The van der Waals surface area contributed by atoms with E-state index < -0.39 is 17.2 Å². The van der Waals surface area contributed by atoms with E-state index >= 15 is 0 Å². The first-order valence-electron chi connectivity index (χ1n) is 9.21. The van der Waals surface area contributed by atoms with E-state index in [9.17, 15) is 24.9 Å². The highest BCUT2D eigenvalue weighted by molar-refractivity contribution is 5.44. The Morgan fingerprint density at radius 1 is 0.833 bits per heavy atom. The van der Waals surface area contributed by atoms with Crippen molar-refractivity contribution in [3.05, 3.63) is 79.4 Å². The first kappa shape index (κ1) is 21.0. The number of hydrogen-bond acceptors (Lipinski definition) is 8. The molecule has 3 N–H and O–H groups in total. The van der Waals surface area contributed by atoms with E-state index in [4.69, 9.17) is 13.6 Å². The van der Waals surface area contributed by atoms with Crippen molar-refractivity contribution >= 4 is 0 Å². The van der Waals surface area contributed by atoms with Crippen LogP contribution in [0.1, 0.15) is 34.1 Å². The Morgan fingerprint density at radius 3 is 1.77 bits per heavy atom. The highest BCUT2D eigenvalue weighted by atomic mass is 16.5. The van der Waals surface area contributed by atoms with Gasteiger partial charge in [-0.1, -0.05) is 6.07 Å². The summed E-state index contributed by atoms with van der Waals surface area (Å²) in [4.78, 5) is 24.6. The molecule has 0 radical (unpaired) electrons. The SMILES string of the molecule is COc1cc(C(Cc2c(O)cc(C)oc2=O)Cc2c(O)cc(C)oc2=O)ccc1O. The third-order valence-corrected chi connectivity index (χ3v) is 4.87. The van der Waals surface area contributed by atoms with Crippen LogP contribution >= 0.6 is 0 Å². The van der Waals surface area contributed by atoms with Crippen LogP contribution in [0.25, 0.3) is 0 Å². The molecule has 158 valence electrons. The highest BCUT2D eigenvalue weighted by Crippen LogP contribution is 2.34. The molecule has 0 aliphatic heterocycles. The Balaban J connectivity index is 2.10. The van der Waals surface area contributed by atoms with E-state index in [0.29, 0.717) is 5.56 Å². The summed E-state index contributed by atoms with van der Waals surface area (Å²) in [5.74, 6) is -0.332. The Labute approximate surface area is 171 Å². The molecule has 0 saturated carbocycles. The number of ether oxygens (including phenoxy) is 1. The summed E-state index contributed by atoms with van der Waals surface area (Å²) in [5, 5.41) is 30.4. The minimum Gasteiger partial charge on any atom is -0.507 e. The summed E-state index contributed by atoms with van der Waals surface area (Å²) in [6.07, 6.45) is 0.0181. The molecule has 0 amide bonds. The predicted molar refractivity (Wildman–Crippen MR) is 108 cm³/mol. The maximum absolute atomic E-state index is 12.3. The van der Waals surface area contributed by atoms with Gasteiger partial charge in [0.1, 0.15) is 23.0 Å². The first-order chi connectivity index (χ1) is 14.2. The fourth-order valence-corrected chi connectivity index (χ4v) is 3.37. The van der Waals surface area contributed by atoms with Crippen LogP contribution in [0.2, 0.25) is 0 Å². The van der Waals surface area contributed by atoms with Crippen molar-refractivity contribution in [3.63, 3.8) is 0 Å². The second kappa shape index (κ2) is 8.36. The van der Waals surface area contributed by atoms with E-state index in [1.165, 1.54) is 25.3 Å². The zero-order chi connectivity index (χ0) is 22.0. The Morgan fingerprint density at radius 2 is 1.33 bits per heavy atom. The average molecular weight is 414 g/mol. The van der Waals surface area contributed by atoms with Crippen molar-refractivity contribution in [3.8, 4) is 23.0 Å². The van der Waals surface area contributed by atoms with Crippen molar-refractivity contribution < 1.29 is 28.9 Å². The molecular weight excluding hydrogens is 392 g/mol. The zero-order valence-corrected chi connectivity index (χ0v) is 16.8. The Hall–Kier alpha value is -3.68. The minimum atomic E-state index is -0.691. The summed E-state index contributed by atoms with van der Waals surface area (Å²) in [5.41, 5.74) is -0.697. The number of benzene rings is 1. The smallest absolute Gasteiger partial charge is 0.342 e. The monoisotopic (exact) mass is 414 g/mol. The lowest BCUT2D eigenvalue weighted by Gasteiger charge is -2.19. The fraction of sp³-hybridized carbons (Fsp3) is 0.273. The second-order valence-corrected chi connectivity index (χ2v) is 7.05. The van der Waals surface area contributed by atoms with Crippen LogP contribution in [0, 0.1) is 13.8 Å². The lowest BCUT2D eigenvalue weighted by Crippen LogP contribution is -2.18. The fourth-order valence-electron chi connectivity index (χ4n) is 3.37. The molecule has 2 heterocycles. The lowest BCUT2D eigenvalue weighted by molar-refractivity contribution is 0.372. The van der Waals surface area contributed by atoms with E-state index in [1.807, 2.05) is 0 Å². The molecule has 0 bridgehead atoms. The van der Waals surface area contributed by atoms with Gasteiger partial charge in [0.2, 0.25) is 0 Å². The topological polar surface area (TPSA) is 130 Å². The number of methoxy groups -OCH3 is 1. The Bertz CT molecular complexity index is 1120. The minimum absolute atomic E-state index is 0.00906. The summed E-state index contributed by atoms with van der Waals surface area (Å²) >= 11 is 0. The van der Waals surface area contributed by atoms with E-state index in [2.05, 4.69) is 0 Å². The predicted octanol–water partition coefficient (Wildman–Crippen LogP) is 2.90. The molecule has 0 fully saturated rings. The molecule has 1 aromatic carbocycles. The summed E-state index contributed by atoms with van der Waals surface area (Å²) < 4.78 is 15.3. The van der Waals surface area contributed by atoms with Gasteiger partial charge in [0.05, 0.1) is 18.2 Å². The van der Waals surface area contributed by atoms with E-state index in [-0.39, 0.29) is 58.5 Å². The van der Waals surface area contributed by atoms with Crippen molar-refractivity contribution in [1.29, 1.82) is 0 Å². The van der Waals surface area contributed by atoms with Gasteiger partial charge in [0, 0.05) is 12.1 Å². The van der Waals surface area contributed by atoms with Gasteiger partial charge in [-0.2, -0.15) is 0 Å². The molecule has 2 aromatic heterocycles. The standard InChI is InChI=1S/C22H22O8/c1-11-6-18(24)15(21(26)29-11)8-14(13-4-5-17(23)20(10-13)28-3)9-16-19(25)7-12(2)30-22(16)27/h4-7,10,14,23-25H,8-9H2,1-3H3. The third-order valence-electron chi connectivity index (χ3n) is 4.87. The van der Waals surface area contributed by atoms with Crippen LogP contribution in [0.4, 0.5) is 0 Å². The van der Waals surface area contributed by atoms with Gasteiger partial charge >= 0.3 is 11.3 Å².